The molecule has 0 radical (unpaired) electrons. The van der Waals surface area contributed by atoms with E-state index in [-0.39, 0.29) is 17.7 Å². The number of carbonyl (C=O) groups excluding carboxylic acids is 2. The van der Waals surface area contributed by atoms with Gasteiger partial charge in [-0.25, -0.2) is 4.79 Å². The zero-order valence-electron chi connectivity index (χ0n) is 14.5. The molecule has 0 unspecified atom stereocenters. The average Bonchev–Trinajstić information content (AvgIpc) is 2.42. The van der Waals surface area contributed by atoms with Gasteiger partial charge in [0.05, 0.1) is 6.04 Å². The molecule has 1 rings (SSSR count). The fourth-order valence-corrected chi connectivity index (χ4v) is 2.47. The van der Waals surface area contributed by atoms with Crippen LogP contribution in [0.4, 0.5) is 4.79 Å². The second-order valence-corrected chi connectivity index (χ2v) is 7.45. The van der Waals surface area contributed by atoms with Crippen molar-refractivity contribution in [2.75, 3.05) is 19.6 Å². The maximum absolute atomic E-state index is 12.3. The summed E-state index contributed by atoms with van der Waals surface area (Å²) in [5.74, 6) is 0.398. The Labute approximate surface area is 133 Å². The maximum Gasteiger partial charge on any atom is 0.407 e. The van der Waals surface area contributed by atoms with Crippen molar-refractivity contribution < 1.29 is 14.3 Å². The molecule has 0 aromatic heterocycles. The van der Waals surface area contributed by atoms with Crippen LogP contribution >= 0.6 is 0 Å². The number of nitrogens with zero attached hydrogens (tertiary/aromatic N) is 1. The topological polar surface area (TPSA) is 84.7 Å². The summed E-state index contributed by atoms with van der Waals surface area (Å²) in [4.78, 5) is 25.8. The third kappa shape index (κ3) is 6.22. The Bertz CT molecular complexity index is 391. The zero-order chi connectivity index (χ0) is 16.9. The Morgan fingerprint density at radius 2 is 2.00 bits per heavy atom. The predicted octanol–water partition coefficient (Wildman–Crippen LogP) is 1.73. The first-order chi connectivity index (χ1) is 10.1. The zero-order valence-corrected chi connectivity index (χ0v) is 14.5. The minimum atomic E-state index is -0.497. The second kappa shape index (κ2) is 7.81. The molecular weight excluding hydrogens is 282 g/mol. The SMILES string of the molecule is CC(C)[C@H](N)C(=O)N1CCC[C@H](CNC(=O)OC(C)(C)C)C1. The molecule has 0 aromatic carbocycles. The number of alkyl carbamates (subject to hydrolysis) is 1. The van der Waals surface area contributed by atoms with E-state index in [1.54, 1.807) is 0 Å². The van der Waals surface area contributed by atoms with Gasteiger partial charge in [-0.2, -0.15) is 0 Å². The first kappa shape index (κ1) is 18.7. The number of nitrogens with two attached hydrogens (primary N) is 1. The Kier molecular flexibility index (Phi) is 6.66. The van der Waals surface area contributed by atoms with Gasteiger partial charge in [-0.05, 0) is 45.4 Å². The number of carbonyl (C=O) groups is 2. The fraction of sp³-hybridized carbons (Fsp3) is 0.875. The highest BCUT2D eigenvalue weighted by Crippen LogP contribution is 2.18. The fourth-order valence-electron chi connectivity index (χ4n) is 2.47. The molecule has 0 aromatic rings. The van der Waals surface area contributed by atoms with Crippen molar-refractivity contribution in [1.82, 2.24) is 10.2 Å². The summed E-state index contributed by atoms with van der Waals surface area (Å²) >= 11 is 0. The number of piperidine rings is 1. The van der Waals surface area contributed by atoms with Crippen LogP contribution < -0.4 is 11.1 Å². The van der Waals surface area contributed by atoms with E-state index in [9.17, 15) is 9.59 Å². The number of ether oxygens (including phenoxy) is 1. The van der Waals surface area contributed by atoms with E-state index in [4.69, 9.17) is 10.5 Å². The van der Waals surface area contributed by atoms with Gasteiger partial charge in [-0.3, -0.25) is 4.79 Å². The third-order valence-electron chi connectivity index (χ3n) is 3.77. The van der Waals surface area contributed by atoms with Crippen LogP contribution in [-0.4, -0.2) is 48.2 Å². The lowest BCUT2D eigenvalue weighted by Crippen LogP contribution is -2.51. The highest BCUT2D eigenvalue weighted by Gasteiger charge is 2.28. The van der Waals surface area contributed by atoms with Crippen molar-refractivity contribution in [2.24, 2.45) is 17.6 Å². The van der Waals surface area contributed by atoms with E-state index in [1.807, 2.05) is 39.5 Å². The molecule has 1 aliphatic rings. The van der Waals surface area contributed by atoms with Gasteiger partial charge in [0.25, 0.3) is 0 Å². The predicted molar refractivity (Wildman–Crippen MR) is 86.4 cm³/mol. The van der Waals surface area contributed by atoms with Gasteiger partial charge in [0.1, 0.15) is 5.60 Å². The van der Waals surface area contributed by atoms with E-state index in [0.717, 1.165) is 19.4 Å². The number of likely N-dealkylation sites (tertiary alicyclic amines) is 1. The first-order valence-electron chi connectivity index (χ1n) is 8.11. The van der Waals surface area contributed by atoms with Crippen LogP contribution in [0.1, 0.15) is 47.5 Å². The number of rotatable bonds is 4. The highest BCUT2D eigenvalue weighted by molar-refractivity contribution is 5.82. The Hall–Kier alpha value is -1.30. The molecule has 22 heavy (non-hydrogen) atoms. The molecule has 1 saturated heterocycles. The summed E-state index contributed by atoms with van der Waals surface area (Å²) in [6.07, 6.45) is 1.53. The molecule has 0 aliphatic carbocycles. The van der Waals surface area contributed by atoms with Gasteiger partial charge in [0, 0.05) is 19.6 Å². The van der Waals surface area contributed by atoms with E-state index in [0.29, 0.717) is 13.1 Å². The lowest BCUT2D eigenvalue weighted by Gasteiger charge is -2.35. The van der Waals surface area contributed by atoms with Gasteiger partial charge < -0.3 is 20.7 Å². The van der Waals surface area contributed by atoms with Gasteiger partial charge in [0.2, 0.25) is 5.91 Å². The highest BCUT2D eigenvalue weighted by atomic mass is 16.6. The van der Waals surface area contributed by atoms with Crippen molar-refractivity contribution in [3.05, 3.63) is 0 Å². The smallest absolute Gasteiger partial charge is 0.407 e. The second-order valence-electron chi connectivity index (χ2n) is 7.45. The summed E-state index contributed by atoms with van der Waals surface area (Å²) < 4.78 is 5.22. The van der Waals surface area contributed by atoms with E-state index in [2.05, 4.69) is 5.32 Å². The molecular formula is C16H31N3O3. The monoisotopic (exact) mass is 313 g/mol. The minimum Gasteiger partial charge on any atom is -0.444 e. The van der Waals surface area contributed by atoms with E-state index in [1.165, 1.54) is 0 Å². The van der Waals surface area contributed by atoms with Gasteiger partial charge in [-0.1, -0.05) is 13.8 Å². The molecule has 0 spiro atoms. The summed E-state index contributed by atoms with van der Waals surface area (Å²) in [5.41, 5.74) is 5.45. The summed E-state index contributed by atoms with van der Waals surface area (Å²) in [6.45, 7) is 11.3. The molecule has 1 aliphatic heterocycles. The Morgan fingerprint density at radius 1 is 1.36 bits per heavy atom. The molecule has 2 atom stereocenters. The van der Waals surface area contributed by atoms with Crippen LogP contribution in [0.3, 0.4) is 0 Å². The van der Waals surface area contributed by atoms with Crippen LogP contribution in [0.5, 0.6) is 0 Å². The van der Waals surface area contributed by atoms with Crippen molar-refractivity contribution in [3.63, 3.8) is 0 Å². The van der Waals surface area contributed by atoms with Crippen LogP contribution in [-0.2, 0) is 9.53 Å². The molecule has 128 valence electrons. The third-order valence-corrected chi connectivity index (χ3v) is 3.77. The van der Waals surface area contributed by atoms with Crippen molar-refractivity contribution in [1.29, 1.82) is 0 Å². The lowest BCUT2D eigenvalue weighted by atomic mass is 9.96. The number of nitrogens with one attached hydrogen (secondary N) is 1. The van der Waals surface area contributed by atoms with Crippen molar-refractivity contribution in [2.45, 2.75) is 59.1 Å². The molecule has 0 bridgehead atoms. The van der Waals surface area contributed by atoms with Crippen LogP contribution in [0.25, 0.3) is 0 Å². The van der Waals surface area contributed by atoms with Crippen molar-refractivity contribution >= 4 is 12.0 Å². The minimum absolute atomic E-state index is 0.0111. The summed E-state index contributed by atoms with van der Waals surface area (Å²) in [7, 11) is 0. The van der Waals surface area contributed by atoms with E-state index < -0.39 is 17.7 Å². The van der Waals surface area contributed by atoms with Gasteiger partial charge >= 0.3 is 6.09 Å². The first-order valence-corrected chi connectivity index (χ1v) is 8.11. The van der Waals surface area contributed by atoms with Crippen molar-refractivity contribution in [3.8, 4) is 0 Å². The largest absolute Gasteiger partial charge is 0.444 e. The van der Waals surface area contributed by atoms with Crippen LogP contribution in [0.2, 0.25) is 0 Å². The summed E-state index contributed by atoms with van der Waals surface area (Å²) in [6, 6.07) is -0.447. The number of amides is 2. The quantitative estimate of drug-likeness (QED) is 0.828. The van der Waals surface area contributed by atoms with Crippen LogP contribution in [0, 0.1) is 11.8 Å². The molecule has 0 saturated carbocycles. The summed E-state index contributed by atoms with van der Waals surface area (Å²) in [5, 5.41) is 2.79. The standard InChI is InChI=1S/C16H31N3O3/c1-11(2)13(17)14(20)19-8-6-7-12(10-19)9-18-15(21)22-16(3,4)5/h11-13H,6-10,17H2,1-5H3,(H,18,21)/t12-,13+/m1/s1. The lowest BCUT2D eigenvalue weighted by molar-refractivity contribution is -0.135. The van der Waals surface area contributed by atoms with E-state index >= 15 is 0 Å². The molecule has 2 amide bonds. The number of hydrogen-bond donors (Lipinski definition) is 2. The molecule has 6 nitrogen and oxygen atoms in total. The van der Waals surface area contributed by atoms with Gasteiger partial charge in [0.15, 0.2) is 0 Å². The van der Waals surface area contributed by atoms with Gasteiger partial charge in [-0.15, -0.1) is 0 Å². The molecule has 1 fully saturated rings. The molecule has 6 heteroatoms. The Balaban J connectivity index is 2.44. The normalized spacial score (nSPS) is 20.7. The number of hydrogen-bond acceptors (Lipinski definition) is 4. The Morgan fingerprint density at radius 3 is 2.55 bits per heavy atom. The average molecular weight is 313 g/mol. The molecule has 1 heterocycles. The molecule has 3 N–H and O–H groups in total. The maximum atomic E-state index is 12.3. The van der Waals surface area contributed by atoms with Crippen LogP contribution in [0.15, 0.2) is 0 Å².